The fourth-order valence-corrected chi connectivity index (χ4v) is 2.40. The van der Waals surface area contributed by atoms with Crippen molar-refractivity contribution in [2.24, 2.45) is 0 Å². The molecule has 0 spiro atoms. The molecule has 1 amide bonds. The average Bonchev–Trinajstić information content (AvgIpc) is 2.47. The summed E-state index contributed by atoms with van der Waals surface area (Å²) in [4.78, 5) is 12.3. The molecule has 22 heavy (non-hydrogen) atoms. The van der Waals surface area contributed by atoms with Gasteiger partial charge in [-0.15, -0.1) is 0 Å². The lowest BCUT2D eigenvalue weighted by Gasteiger charge is -2.06. The van der Waals surface area contributed by atoms with E-state index in [4.69, 9.17) is 0 Å². The molecule has 116 valence electrons. The molecule has 2 rings (SSSR count). The van der Waals surface area contributed by atoms with E-state index in [1.54, 1.807) is 12.1 Å². The molecule has 0 radical (unpaired) electrons. The third-order valence-electron chi connectivity index (χ3n) is 2.93. The number of hydrogen-bond acceptors (Lipinski definition) is 2. The van der Waals surface area contributed by atoms with Crippen LogP contribution in [0.15, 0.2) is 53.4 Å². The highest BCUT2D eigenvalue weighted by molar-refractivity contribution is 7.99. The Hall–Kier alpha value is -1.95. The second kappa shape index (κ2) is 7.89. The van der Waals surface area contributed by atoms with Crippen molar-refractivity contribution in [2.75, 3.05) is 6.54 Å². The van der Waals surface area contributed by atoms with E-state index in [2.05, 4.69) is 5.32 Å². The predicted molar refractivity (Wildman–Crippen MR) is 80.7 cm³/mol. The van der Waals surface area contributed by atoms with Gasteiger partial charge >= 0.3 is 0 Å². The summed E-state index contributed by atoms with van der Waals surface area (Å²) in [5.41, 5.74) is 1.20. The van der Waals surface area contributed by atoms with Gasteiger partial charge in [0.15, 0.2) is 0 Å². The van der Waals surface area contributed by atoms with Crippen molar-refractivity contribution in [1.82, 2.24) is 5.32 Å². The first-order chi connectivity index (χ1) is 10.5. The Morgan fingerprint density at radius 2 is 1.86 bits per heavy atom. The topological polar surface area (TPSA) is 29.1 Å². The maximum absolute atomic E-state index is 13.0. The average molecular weight is 325 g/mol. The zero-order valence-corrected chi connectivity index (χ0v) is 12.4. The highest BCUT2D eigenvalue weighted by Crippen LogP contribution is 2.25. The molecule has 0 saturated carbocycles. The molecule has 0 saturated heterocycles. The molecular weight excluding hydrogens is 311 g/mol. The van der Waals surface area contributed by atoms with Gasteiger partial charge in [-0.1, -0.05) is 23.9 Å². The Balaban J connectivity index is 1.84. The van der Waals surface area contributed by atoms with Crippen LogP contribution in [0.5, 0.6) is 0 Å². The Bertz CT molecular complexity index is 632. The largest absolute Gasteiger partial charge is 0.352 e. The zero-order chi connectivity index (χ0) is 15.9. The predicted octanol–water partition coefficient (Wildman–Crippen LogP) is 4.11. The van der Waals surface area contributed by atoms with Crippen molar-refractivity contribution in [2.45, 2.75) is 17.1 Å². The van der Waals surface area contributed by atoms with E-state index in [1.165, 1.54) is 36.4 Å². The molecule has 0 aliphatic heterocycles. The summed E-state index contributed by atoms with van der Waals surface area (Å²) in [5.74, 6) is -3.08. The van der Waals surface area contributed by atoms with Crippen molar-refractivity contribution >= 4 is 17.7 Å². The quantitative estimate of drug-likeness (QED) is 0.810. The monoisotopic (exact) mass is 325 g/mol. The van der Waals surface area contributed by atoms with E-state index >= 15 is 0 Å². The molecule has 2 nitrogen and oxygen atoms in total. The van der Waals surface area contributed by atoms with Gasteiger partial charge in [0.05, 0.1) is 0 Å². The fourth-order valence-electron chi connectivity index (χ4n) is 1.90. The first-order valence-corrected chi connectivity index (χ1v) is 7.50. The molecule has 0 atom stereocenters. The van der Waals surface area contributed by atoms with Gasteiger partial charge < -0.3 is 5.32 Å². The lowest BCUT2D eigenvalue weighted by atomic mass is 10.1. The van der Waals surface area contributed by atoms with Gasteiger partial charge in [-0.05, 0) is 48.4 Å². The van der Waals surface area contributed by atoms with Crippen LogP contribution in [0.1, 0.15) is 15.9 Å². The van der Waals surface area contributed by atoms with Crippen LogP contribution in [0.25, 0.3) is 0 Å². The van der Waals surface area contributed by atoms with Crippen molar-refractivity contribution in [3.63, 3.8) is 0 Å². The number of hydrogen-bond donors (Lipinski definition) is 1. The normalized spacial score (nSPS) is 10.7. The molecule has 0 aromatic heterocycles. The van der Waals surface area contributed by atoms with Gasteiger partial charge in [0.1, 0.15) is 5.82 Å². The lowest BCUT2D eigenvalue weighted by Crippen LogP contribution is -2.25. The maximum Gasteiger partial charge on any atom is 0.288 e. The summed E-state index contributed by atoms with van der Waals surface area (Å²) in [6.45, 7) is 0.371. The molecule has 0 aliphatic rings. The van der Waals surface area contributed by atoms with E-state index in [9.17, 15) is 18.0 Å². The van der Waals surface area contributed by atoms with Crippen molar-refractivity contribution in [3.8, 4) is 0 Å². The van der Waals surface area contributed by atoms with E-state index in [1.807, 2.05) is 0 Å². The summed E-state index contributed by atoms with van der Waals surface area (Å²) < 4.78 is 37.4. The van der Waals surface area contributed by atoms with Gasteiger partial charge in [-0.3, -0.25) is 4.79 Å². The van der Waals surface area contributed by atoms with Gasteiger partial charge in [0.25, 0.3) is 11.7 Å². The summed E-state index contributed by atoms with van der Waals surface area (Å²) in [6.07, 6.45) is 0.517. The van der Waals surface area contributed by atoms with Crippen LogP contribution in [-0.2, 0) is 6.42 Å². The third kappa shape index (κ3) is 5.11. The molecule has 6 heteroatoms. The number of amides is 1. The number of thioether (sulfide) groups is 1. The molecule has 0 aliphatic carbocycles. The summed E-state index contributed by atoms with van der Waals surface area (Å²) >= 11 is 0.435. The fraction of sp³-hybridized carbons (Fsp3) is 0.188. The number of rotatable bonds is 6. The molecular formula is C16H14F3NOS. The van der Waals surface area contributed by atoms with Gasteiger partial charge in [0.2, 0.25) is 0 Å². The Kier molecular flexibility index (Phi) is 5.89. The SMILES string of the molecule is O=C(NCCc1cccc(F)c1)c1ccc(SC(F)F)cc1. The summed E-state index contributed by atoms with van der Waals surface area (Å²) in [6, 6.07) is 12.2. The van der Waals surface area contributed by atoms with E-state index in [0.29, 0.717) is 35.2 Å². The first kappa shape index (κ1) is 16.4. The first-order valence-electron chi connectivity index (χ1n) is 6.62. The molecule has 0 fully saturated rings. The highest BCUT2D eigenvalue weighted by Gasteiger charge is 2.08. The van der Waals surface area contributed by atoms with Crippen LogP contribution in [0.2, 0.25) is 0 Å². The van der Waals surface area contributed by atoms with Crippen LogP contribution < -0.4 is 5.32 Å². The maximum atomic E-state index is 13.0. The van der Waals surface area contributed by atoms with Crippen molar-refractivity contribution in [1.29, 1.82) is 0 Å². The Labute approximate surface area is 130 Å². The minimum Gasteiger partial charge on any atom is -0.352 e. The Morgan fingerprint density at radius 1 is 1.14 bits per heavy atom. The molecule has 2 aromatic rings. The minimum atomic E-state index is -2.48. The molecule has 2 aromatic carbocycles. The number of nitrogens with one attached hydrogen (secondary N) is 1. The number of benzene rings is 2. The second-order valence-electron chi connectivity index (χ2n) is 4.54. The van der Waals surface area contributed by atoms with Crippen LogP contribution >= 0.6 is 11.8 Å². The van der Waals surface area contributed by atoms with E-state index < -0.39 is 5.76 Å². The van der Waals surface area contributed by atoms with Gasteiger partial charge in [-0.25, -0.2) is 4.39 Å². The summed E-state index contributed by atoms with van der Waals surface area (Å²) in [5, 5.41) is 2.71. The molecule has 0 unspecified atom stereocenters. The van der Waals surface area contributed by atoms with Crippen molar-refractivity contribution in [3.05, 3.63) is 65.5 Å². The van der Waals surface area contributed by atoms with Gasteiger partial charge in [-0.2, -0.15) is 8.78 Å². The zero-order valence-electron chi connectivity index (χ0n) is 11.6. The molecule has 0 heterocycles. The highest BCUT2D eigenvalue weighted by atomic mass is 32.2. The second-order valence-corrected chi connectivity index (χ2v) is 5.60. The van der Waals surface area contributed by atoms with E-state index in [0.717, 1.165) is 5.56 Å². The van der Waals surface area contributed by atoms with Gasteiger partial charge in [0, 0.05) is 17.0 Å². The van der Waals surface area contributed by atoms with Crippen LogP contribution in [0.3, 0.4) is 0 Å². The standard InChI is InChI=1S/C16H14F3NOS/c17-13-3-1-2-11(10-13)8-9-20-15(21)12-4-6-14(7-5-12)22-16(18)19/h1-7,10,16H,8-9H2,(H,20,21). The molecule has 1 N–H and O–H groups in total. The van der Waals surface area contributed by atoms with Crippen LogP contribution in [0, 0.1) is 5.82 Å². The number of carbonyl (C=O) groups excluding carboxylic acids is 1. The third-order valence-corrected chi connectivity index (χ3v) is 3.65. The number of halogens is 3. The Morgan fingerprint density at radius 3 is 2.50 bits per heavy atom. The minimum absolute atomic E-state index is 0.287. The number of carbonyl (C=O) groups is 1. The smallest absolute Gasteiger partial charge is 0.288 e. The van der Waals surface area contributed by atoms with Crippen molar-refractivity contribution < 1.29 is 18.0 Å². The molecule has 0 bridgehead atoms. The number of alkyl halides is 2. The van der Waals surface area contributed by atoms with Crippen LogP contribution in [0.4, 0.5) is 13.2 Å². The summed E-state index contributed by atoms with van der Waals surface area (Å²) in [7, 11) is 0. The van der Waals surface area contributed by atoms with Crippen LogP contribution in [-0.4, -0.2) is 18.2 Å². The van der Waals surface area contributed by atoms with E-state index in [-0.39, 0.29) is 11.7 Å². The lowest BCUT2D eigenvalue weighted by molar-refractivity contribution is 0.0954.